The number of H-pyrrole nitrogens is 1. The number of imidazole rings is 1. The predicted octanol–water partition coefficient (Wildman–Crippen LogP) is 3.12. The fourth-order valence-corrected chi connectivity index (χ4v) is 3.47. The molecule has 2 aromatic carbocycles. The van der Waals surface area contributed by atoms with Crippen LogP contribution in [-0.4, -0.2) is 30.5 Å². The Labute approximate surface area is 172 Å². The maximum absolute atomic E-state index is 12.8. The van der Waals surface area contributed by atoms with Crippen LogP contribution >= 0.6 is 0 Å². The molecule has 0 unspecified atom stereocenters. The van der Waals surface area contributed by atoms with Crippen molar-refractivity contribution in [1.29, 1.82) is 0 Å². The number of rotatable bonds is 5. The number of aromatic nitrogens is 4. The van der Waals surface area contributed by atoms with E-state index in [0.29, 0.717) is 22.9 Å². The molecule has 0 fully saturated rings. The highest BCUT2D eigenvalue weighted by atomic mass is 16.3. The predicted molar refractivity (Wildman–Crippen MR) is 116 cm³/mol. The van der Waals surface area contributed by atoms with Gasteiger partial charge in [-0.2, -0.15) is 0 Å². The lowest BCUT2D eigenvalue weighted by Gasteiger charge is -2.11. The number of amides is 1. The SMILES string of the molecule is Cc1nc2ccc(O)cc2c(=O)n1CC(=O)Nc1ccc2nc(CC(C)C)[nH]c2c1. The van der Waals surface area contributed by atoms with Crippen LogP contribution in [0.1, 0.15) is 25.5 Å². The third kappa shape index (κ3) is 3.89. The molecule has 8 nitrogen and oxygen atoms in total. The molecule has 0 saturated carbocycles. The molecule has 4 rings (SSSR count). The number of nitrogens with one attached hydrogen (secondary N) is 2. The summed E-state index contributed by atoms with van der Waals surface area (Å²) in [7, 11) is 0. The van der Waals surface area contributed by atoms with E-state index in [2.05, 4.69) is 34.1 Å². The van der Waals surface area contributed by atoms with E-state index < -0.39 is 0 Å². The zero-order valence-corrected chi connectivity index (χ0v) is 17.1. The number of anilines is 1. The van der Waals surface area contributed by atoms with E-state index in [1.807, 2.05) is 12.1 Å². The Morgan fingerprint density at radius 1 is 1.17 bits per heavy atom. The molecule has 0 aliphatic carbocycles. The summed E-state index contributed by atoms with van der Waals surface area (Å²) in [5.74, 6) is 1.46. The van der Waals surface area contributed by atoms with Crippen LogP contribution in [0, 0.1) is 12.8 Å². The molecule has 0 bridgehead atoms. The normalized spacial score (nSPS) is 11.5. The number of carbonyl (C=O) groups excluding carboxylic acids is 1. The van der Waals surface area contributed by atoms with Crippen LogP contribution in [0.3, 0.4) is 0 Å². The van der Waals surface area contributed by atoms with Gasteiger partial charge in [-0.15, -0.1) is 0 Å². The van der Waals surface area contributed by atoms with Gasteiger partial charge in [-0.3, -0.25) is 14.2 Å². The molecule has 1 amide bonds. The van der Waals surface area contributed by atoms with E-state index in [4.69, 9.17) is 0 Å². The summed E-state index contributed by atoms with van der Waals surface area (Å²) in [6, 6.07) is 9.88. The Morgan fingerprint density at radius 2 is 1.93 bits per heavy atom. The zero-order chi connectivity index (χ0) is 21.4. The van der Waals surface area contributed by atoms with E-state index in [0.717, 1.165) is 23.3 Å². The van der Waals surface area contributed by atoms with Crippen molar-refractivity contribution in [3.8, 4) is 5.75 Å². The van der Waals surface area contributed by atoms with Crippen LogP contribution in [-0.2, 0) is 17.8 Å². The molecular formula is C22H23N5O3. The van der Waals surface area contributed by atoms with E-state index in [1.165, 1.54) is 16.7 Å². The average molecular weight is 405 g/mol. The lowest BCUT2D eigenvalue weighted by molar-refractivity contribution is -0.116. The molecule has 0 radical (unpaired) electrons. The summed E-state index contributed by atoms with van der Waals surface area (Å²) in [6.45, 7) is 5.76. The number of phenolic OH excluding ortho intramolecular Hbond substituents is 1. The number of nitrogens with zero attached hydrogens (tertiary/aromatic N) is 3. The molecule has 8 heteroatoms. The molecule has 0 aliphatic heterocycles. The first-order chi connectivity index (χ1) is 14.3. The number of hydrogen-bond donors (Lipinski definition) is 3. The third-order valence-electron chi connectivity index (χ3n) is 4.85. The Balaban J connectivity index is 1.57. The number of aromatic hydroxyl groups is 1. The Hall–Kier alpha value is -3.68. The summed E-state index contributed by atoms with van der Waals surface area (Å²) in [6.07, 6.45) is 0.850. The highest BCUT2D eigenvalue weighted by Gasteiger charge is 2.13. The van der Waals surface area contributed by atoms with Gasteiger partial charge in [0.2, 0.25) is 5.91 Å². The van der Waals surface area contributed by atoms with Crippen molar-refractivity contribution in [2.45, 2.75) is 33.7 Å². The monoisotopic (exact) mass is 405 g/mol. The first-order valence-electron chi connectivity index (χ1n) is 9.79. The minimum atomic E-state index is -0.370. The molecule has 2 heterocycles. The third-order valence-corrected chi connectivity index (χ3v) is 4.85. The quantitative estimate of drug-likeness (QED) is 0.472. The number of phenols is 1. The number of aromatic amines is 1. The van der Waals surface area contributed by atoms with Gasteiger partial charge in [0, 0.05) is 12.1 Å². The van der Waals surface area contributed by atoms with Crippen molar-refractivity contribution in [1.82, 2.24) is 19.5 Å². The van der Waals surface area contributed by atoms with Crippen LogP contribution in [0.5, 0.6) is 5.75 Å². The van der Waals surface area contributed by atoms with Gasteiger partial charge in [0.15, 0.2) is 0 Å². The fourth-order valence-electron chi connectivity index (χ4n) is 3.47. The second kappa shape index (κ2) is 7.62. The van der Waals surface area contributed by atoms with E-state index in [9.17, 15) is 14.7 Å². The van der Waals surface area contributed by atoms with Gasteiger partial charge < -0.3 is 15.4 Å². The highest BCUT2D eigenvalue weighted by molar-refractivity contribution is 5.93. The van der Waals surface area contributed by atoms with Crippen LogP contribution in [0.25, 0.3) is 21.9 Å². The summed E-state index contributed by atoms with van der Waals surface area (Å²) < 4.78 is 1.30. The molecule has 0 atom stereocenters. The van der Waals surface area contributed by atoms with Gasteiger partial charge in [-0.05, 0) is 49.2 Å². The summed E-state index contributed by atoms with van der Waals surface area (Å²) in [5, 5.41) is 12.8. The fraction of sp³-hybridized carbons (Fsp3) is 0.273. The molecule has 0 spiro atoms. The highest BCUT2D eigenvalue weighted by Crippen LogP contribution is 2.19. The summed E-state index contributed by atoms with van der Waals surface area (Å²) >= 11 is 0. The Morgan fingerprint density at radius 3 is 2.70 bits per heavy atom. The summed E-state index contributed by atoms with van der Waals surface area (Å²) in [4.78, 5) is 37.6. The Kier molecular flexibility index (Phi) is 4.99. The lowest BCUT2D eigenvalue weighted by atomic mass is 10.1. The van der Waals surface area contributed by atoms with Gasteiger partial charge >= 0.3 is 0 Å². The molecular weight excluding hydrogens is 382 g/mol. The molecule has 3 N–H and O–H groups in total. The standard InChI is InChI=1S/C22H23N5O3/c1-12(2)8-20-25-18-6-4-14(9-19(18)26-20)24-21(29)11-27-13(3)23-17-7-5-15(28)10-16(17)22(27)30/h4-7,9-10,12,28H,8,11H2,1-3H3,(H,24,29)(H,25,26). The van der Waals surface area contributed by atoms with Gasteiger partial charge in [-0.1, -0.05) is 13.8 Å². The number of fused-ring (bicyclic) bond motifs is 2. The van der Waals surface area contributed by atoms with Gasteiger partial charge in [0.1, 0.15) is 23.9 Å². The van der Waals surface area contributed by atoms with Crippen molar-refractivity contribution in [2.75, 3.05) is 5.32 Å². The van der Waals surface area contributed by atoms with E-state index >= 15 is 0 Å². The number of benzene rings is 2. The molecule has 0 saturated heterocycles. The largest absolute Gasteiger partial charge is 0.508 e. The Bertz CT molecular complexity index is 1320. The number of carbonyl (C=O) groups is 1. The molecule has 154 valence electrons. The van der Waals surface area contributed by atoms with E-state index in [1.54, 1.807) is 19.1 Å². The number of aryl methyl sites for hydroxylation is 1. The van der Waals surface area contributed by atoms with Crippen molar-refractivity contribution >= 4 is 33.5 Å². The average Bonchev–Trinajstić information content (AvgIpc) is 3.06. The van der Waals surface area contributed by atoms with Crippen molar-refractivity contribution in [3.05, 3.63) is 58.4 Å². The van der Waals surface area contributed by atoms with Crippen molar-refractivity contribution in [3.63, 3.8) is 0 Å². The van der Waals surface area contributed by atoms with Gasteiger partial charge in [0.05, 0.1) is 21.9 Å². The molecule has 30 heavy (non-hydrogen) atoms. The van der Waals surface area contributed by atoms with Crippen molar-refractivity contribution < 1.29 is 9.90 Å². The first-order valence-corrected chi connectivity index (χ1v) is 9.79. The molecule has 0 aliphatic rings. The minimum absolute atomic E-state index is 0.0223. The number of hydrogen-bond acceptors (Lipinski definition) is 5. The van der Waals surface area contributed by atoms with Gasteiger partial charge in [0.25, 0.3) is 5.56 Å². The smallest absolute Gasteiger partial charge is 0.261 e. The first kappa shape index (κ1) is 19.6. The van der Waals surface area contributed by atoms with Crippen LogP contribution < -0.4 is 10.9 Å². The molecule has 4 aromatic rings. The lowest BCUT2D eigenvalue weighted by Crippen LogP contribution is -2.30. The van der Waals surface area contributed by atoms with Crippen LogP contribution in [0.2, 0.25) is 0 Å². The second-order valence-electron chi connectivity index (χ2n) is 7.81. The van der Waals surface area contributed by atoms with Crippen LogP contribution in [0.4, 0.5) is 5.69 Å². The van der Waals surface area contributed by atoms with Crippen molar-refractivity contribution in [2.24, 2.45) is 5.92 Å². The summed E-state index contributed by atoms with van der Waals surface area (Å²) in [5.41, 5.74) is 2.41. The topological polar surface area (TPSA) is 113 Å². The maximum Gasteiger partial charge on any atom is 0.261 e. The molecule has 2 aromatic heterocycles. The maximum atomic E-state index is 12.8. The second-order valence-corrected chi connectivity index (χ2v) is 7.81. The zero-order valence-electron chi connectivity index (χ0n) is 17.1. The van der Waals surface area contributed by atoms with Gasteiger partial charge in [-0.25, -0.2) is 9.97 Å². The van der Waals surface area contributed by atoms with E-state index in [-0.39, 0.29) is 29.1 Å². The minimum Gasteiger partial charge on any atom is -0.508 e. The van der Waals surface area contributed by atoms with Crippen LogP contribution in [0.15, 0.2) is 41.2 Å².